The van der Waals surface area contributed by atoms with Gasteiger partial charge in [0, 0.05) is 0 Å². The minimum absolute atomic E-state index is 0.193. The highest BCUT2D eigenvalue weighted by Crippen LogP contribution is 2.13. The standard InChI is InChI=1S/C13H15N3O4S/c1-3-20-13(19)8(2)15-10(17)6-16-7-14-11-9(12(16)18)4-5-21-11/h4-5,7-8H,3,6H2,1-2H3,(H,15,17). The van der Waals surface area contributed by atoms with E-state index in [2.05, 4.69) is 10.3 Å². The first kappa shape index (κ1) is 15.2. The van der Waals surface area contributed by atoms with E-state index < -0.39 is 17.9 Å². The summed E-state index contributed by atoms with van der Waals surface area (Å²) in [5, 5.41) is 4.73. The summed E-state index contributed by atoms with van der Waals surface area (Å²) in [6.07, 6.45) is 1.33. The molecule has 1 atom stereocenters. The van der Waals surface area contributed by atoms with Gasteiger partial charge >= 0.3 is 5.97 Å². The van der Waals surface area contributed by atoms with Crippen LogP contribution in [0.2, 0.25) is 0 Å². The lowest BCUT2D eigenvalue weighted by molar-refractivity contribution is -0.146. The molecule has 1 unspecified atom stereocenters. The number of hydrogen-bond donors (Lipinski definition) is 1. The maximum atomic E-state index is 12.1. The monoisotopic (exact) mass is 309 g/mol. The second-order valence-electron chi connectivity index (χ2n) is 4.36. The Morgan fingerprint density at radius 3 is 3.00 bits per heavy atom. The normalized spacial score (nSPS) is 12.1. The molecule has 0 spiro atoms. The number of aromatic nitrogens is 2. The zero-order valence-corrected chi connectivity index (χ0v) is 12.5. The van der Waals surface area contributed by atoms with E-state index in [4.69, 9.17) is 4.74 Å². The quantitative estimate of drug-likeness (QED) is 0.814. The van der Waals surface area contributed by atoms with Gasteiger partial charge in [-0.2, -0.15) is 0 Å². The van der Waals surface area contributed by atoms with Crippen molar-refractivity contribution in [2.75, 3.05) is 6.61 Å². The van der Waals surface area contributed by atoms with Crippen LogP contribution in [0.1, 0.15) is 13.8 Å². The minimum atomic E-state index is -0.758. The highest BCUT2D eigenvalue weighted by molar-refractivity contribution is 7.16. The van der Waals surface area contributed by atoms with Gasteiger partial charge in [0.1, 0.15) is 17.4 Å². The van der Waals surface area contributed by atoms with Gasteiger partial charge < -0.3 is 10.1 Å². The summed E-state index contributed by atoms with van der Waals surface area (Å²) < 4.78 is 6.00. The second kappa shape index (κ2) is 6.49. The van der Waals surface area contributed by atoms with E-state index in [-0.39, 0.29) is 18.7 Å². The van der Waals surface area contributed by atoms with Gasteiger partial charge in [-0.3, -0.25) is 14.2 Å². The summed E-state index contributed by atoms with van der Waals surface area (Å²) in [5.74, 6) is -0.960. The van der Waals surface area contributed by atoms with Crippen LogP contribution in [0.15, 0.2) is 22.6 Å². The molecule has 2 heterocycles. The fourth-order valence-electron chi connectivity index (χ4n) is 1.77. The molecular weight excluding hydrogens is 294 g/mol. The van der Waals surface area contributed by atoms with E-state index in [1.165, 1.54) is 29.2 Å². The number of nitrogens with zero attached hydrogens (tertiary/aromatic N) is 2. The van der Waals surface area contributed by atoms with Crippen molar-refractivity contribution in [3.05, 3.63) is 28.1 Å². The molecular formula is C13H15N3O4S. The fourth-order valence-corrected chi connectivity index (χ4v) is 2.50. The van der Waals surface area contributed by atoms with E-state index in [0.717, 1.165) is 0 Å². The van der Waals surface area contributed by atoms with Gasteiger partial charge in [0.05, 0.1) is 18.3 Å². The lowest BCUT2D eigenvalue weighted by Gasteiger charge is -2.13. The Labute approximate surface area is 124 Å². The number of carbonyl (C=O) groups is 2. The van der Waals surface area contributed by atoms with E-state index in [1.807, 2.05) is 0 Å². The Morgan fingerprint density at radius 2 is 2.29 bits per heavy atom. The van der Waals surface area contributed by atoms with E-state index >= 15 is 0 Å². The van der Waals surface area contributed by atoms with Crippen LogP contribution in [0.3, 0.4) is 0 Å². The molecule has 0 saturated heterocycles. The summed E-state index contributed by atoms with van der Waals surface area (Å²) in [7, 11) is 0. The summed E-state index contributed by atoms with van der Waals surface area (Å²) in [6, 6.07) is 0.913. The Bertz CT molecular complexity index is 722. The lowest BCUT2D eigenvalue weighted by atomic mass is 10.3. The van der Waals surface area contributed by atoms with Crippen molar-refractivity contribution in [1.82, 2.24) is 14.9 Å². The molecule has 0 radical (unpaired) electrons. The summed E-state index contributed by atoms with van der Waals surface area (Å²) in [4.78, 5) is 40.1. The summed E-state index contributed by atoms with van der Waals surface area (Å²) in [6.45, 7) is 3.27. The number of esters is 1. The number of thiophene rings is 1. The number of hydrogen-bond acceptors (Lipinski definition) is 6. The predicted molar refractivity (Wildman–Crippen MR) is 78.1 cm³/mol. The maximum absolute atomic E-state index is 12.1. The van der Waals surface area contributed by atoms with Gasteiger partial charge in [-0.25, -0.2) is 9.78 Å². The Kier molecular flexibility index (Phi) is 4.69. The lowest BCUT2D eigenvalue weighted by Crippen LogP contribution is -2.42. The molecule has 0 aliphatic carbocycles. The SMILES string of the molecule is CCOC(=O)C(C)NC(=O)Cn1cnc2sccc2c1=O. The molecule has 0 aliphatic heterocycles. The molecule has 1 N–H and O–H groups in total. The molecule has 2 aromatic rings. The molecule has 0 fully saturated rings. The third-order valence-electron chi connectivity index (χ3n) is 2.78. The molecule has 0 aromatic carbocycles. The van der Waals surface area contributed by atoms with Gasteiger partial charge in [0.25, 0.3) is 5.56 Å². The zero-order chi connectivity index (χ0) is 15.4. The Balaban J connectivity index is 2.06. The van der Waals surface area contributed by atoms with E-state index in [9.17, 15) is 14.4 Å². The highest BCUT2D eigenvalue weighted by atomic mass is 32.1. The number of fused-ring (bicyclic) bond motifs is 1. The van der Waals surface area contributed by atoms with Gasteiger partial charge in [0.15, 0.2) is 0 Å². The van der Waals surface area contributed by atoms with Gasteiger partial charge in [0.2, 0.25) is 5.91 Å². The molecule has 1 amide bonds. The third-order valence-corrected chi connectivity index (χ3v) is 3.60. The van der Waals surface area contributed by atoms with Gasteiger partial charge in [-0.1, -0.05) is 0 Å². The fraction of sp³-hybridized carbons (Fsp3) is 0.385. The maximum Gasteiger partial charge on any atom is 0.328 e. The smallest absolute Gasteiger partial charge is 0.328 e. The van der Waals surface area contributed by atoms with E-state index in [1.54, 1.807) is 18.4 Å². The van der Waals surface area contributed by atoms with Crippen molar-refractivity contribution in [2.24, 2.45) is 0 Å². The molecule has 0 saturated carbocycles. The van der Waals surface area contributed by atoms with Crippen LogP contribution in [-0.2, 0) is 20.9 Å². The Morgan fingerprint density at radius 1 is 1.52 bits per heavy atom. The topological polar surface area (TPSA) is 90.3 Å². The van der Waals surface area contributed by atoms with Crippen molar-refractivity contribution < 1.29 is 14.3 Å². The molecule has 0 bridgehead atoms. The first-order valence-electron chi connectivity index (χ1n) is 6.41. The number of ether oxygens (including phenoxy) is 1. The van der Waals surface area contributed by atoms with Gasteiger partial charge in [-0.05, 0) is 25.3 Å². The van der Waals surface area contributed by atoms with Crippen LogP contribution >= 0.6 is 11.3 Å². The van der Waals surface area contributed by atoms with Crippen LogP contribution in [0.5, 0.6) is 0 Å². The van der Waals surface area contributed by atoms with Crippen molar-refractivity contribution in [1.29, 1.82) is 0 Å². The van der Waals surface area contributed by atoms with Crippen molar-refractivity contribution >= 4 is 33.4 Å². The molecule has 112 valence electrons. The minimum Gasteiger partial charge on any atom is -0.464 e. The van der Waals surface area contributed by atoms with Crippen LogP contribution in [0.4, 0.5) is 0 Å². The highest BCUT2D eigenvalue weighted by Gasteiger charge is 2.17. The molecule has 7 nitrogen and oxygen atoms in total. The van der Waals surface area contributed by atoms with Gasteiger partial charge in [-0.15, -0.1) is 11.3 Å². The molecule has 0 aliphatic rings. The number of rotatable bonds is 5. The van der Waals surface area contributed by atoms with Crippen LogP contribution in [0, 0.1) is 0 Å². The van der Waals surface area contributed by atoms with Crippen LogP contribution in [-0.4, -0.2) is 34.1 Å². The zero-order valence-electron chi connectivity index (χ0n) is 11.7. The first-order chi connectivity index (χ1) is 10.0. The van der Waals surface area contributed by atoms with Crippen LogP contribution < -0.4 is 10.9 Å². The largest absolute Gasteiger partial charge is 0.464 e. The third kappa shape index (κ3) is 3.46. The predicted octanol–water partition coefficient (Wildman–Crippen LogP) is 0.526. The summed E-state index contributed by atoms with van der Waals surface area (Å²) in [5.41, 5.74) is -0.278. The van der Waals surface area contributed by atoms with Crippen LogP contribution in [0.25, 0.3) is 10.2 Å². The average molecular weight is 309 g/mol. The average Bonchev–Trinajstić information content (AvgIpc) is 2.91. The number of amides is 1. The van der Waals surface area contributed by atoms with Crippen molar-refractivity contribution in [3.63, 3.8) is 0 Å². The second-order valence-corrected chi connectivity index (χ2v) is 5.25. The number of nitrogens with one attached hydrogen (secondary N) is 1. The van der Waals surface area contributed by atoms with Crippen molar-refractivity contribution in [3.8, 4) is 0 Å². The molecule has 21 heavy (non-hydrogen) atoms. The molecule has 2 aromatic heterocycles. The Hall–Kier alpha value is -2.22. The first-order valence-corrected chi connectivity index (χ1v) is 7.29. The van der Waals surface area contributed by atoms with Crippen molar-refractivity contribution in [2.45, 2.75) is 26.4 Å². The van der Waals surface area contributed by atoms with E-state index in [0.29, 0.717) is 10.2 Å². The molecule has 8 heteroatoms. The number of carbonyl (C=O) groups excluding carboxylic acids is 2. The molecule has 2 rings (SSSR count). The summed E-state index contributed by atoms with van der Waals surface area (Å²) >= 11 is 1.36.